The summed E-state index contributed by atoms with van der Waals surface area (Å²) in [6.45, 7) is 0. The Kier molecular flexibility index (Phi) is 4.89. The molecule has 122 valence electrons. The standard InChI is InChI=1S/C16H11Cl2N3O2S/c17-10-1-3-14(22)9(5-10)7-19-21-16-20-13(8-24-16)12-6-11(18)2-4-15(12)23/h1-8,22-23H,(H,20,21)/b19-7+. The Labute approximate surface area is 151 Å². The molecule has 0 aliphatic carbocycles. The van der Waals surface area contributed by atoms with Crippen molar-refractivity contribution in [3.8, 4) is 22.8 Å². The summed E-state index contributed by atoms with van der Waals surface area (Å²) < 4.78 is 0. The van der Waals surface area contributed by atoms with Gasteiger partial charge >= 0.3 is 0 Å². The van der Waals surface area contributed by atoms with Gasteiger partial charge in [0.05, 0.1) is 11.9 Å². The summed E-state index contributed by atoms with van der Waals surface area (Å²) in [5, 5.41) is 27.0. The smallest absolute Gasteiger partial charge is 0.203 e. The summed E-state index contributed by atoms with van der Waals surface area (Å²) in [6.07, 6.45) is 1.44. The first-order valence-corrected chi connectivity index (χ1v) is 8.38. The number of phenols is 2. The van der Waals surface area contributed by atoms with E-state index in [1.54, 1.807) is 29.6 Å². The first-order chi connectivity index (χ1) is 11.5. The van der Waals surface area contributed by atoms with Crippen LogP contribution < -0.4 is 5.43 Å². The third-order valence-electron chi connectivity index (χ3n) is 3.09. The van der Waals surface area contributed by atoms with Crippen LogP contribution in [0.1, 0.15) is 5.56 Å². The van der Waals surface area contributed by atoms with E-state index < -0.39 is 0 Å². The number of thiazole rings is 1. The van der Waals surface area contributed by atoms with Crippen LogP contribution in [0.3, 0.4) is 0 Å². The second kappa shape index (κ2) is 7.09. The monoisotopic (exact) mass is 379 g/mol. The highest BCUT2D eigenvalue weighted by molar-refractivity contribution is 7.14. The molecule has 0 saturated carbocycles. The van der Waals surface area contributed by atoms with Crippen LogP contribution in [-0.4, -0.2) is 21.4 Å². The lowest BCUT2D eigenvalue weighted by Crippen LogP contribution is -1.91. The van der Waals surface area contributed by atoms with Crippen LogP contribution in [0, 0.1) is 0 Å². The molecule has 0 aliphatic rings. The third-order valence-corrected chi connectivity index (χ3v) is 4.31. The first kappa shape index (κ1) is 16.6. The molecule has 0 radical (unpaired) electrons. The zero-order chi connectivity index (χ0) is 17.1. The number of nitrogens with zero attached hydrogens (tertiary/aromatic N) is 2. The van der Waals surface area contributed by atoms with Crippen molar-refractivity contribution < 1.29 is 10.2 Å². The lowest BCUT2D eigenvalue weighted by molar-refractivity contribution is 0.474. The number of hydrazone groups is 1. The van der Waals surface area contributed by atoms with E-state index in [1.165, 1.54) is 29.7 Å². The maximum absolute atomic E-state index is 9.89. The molecule has 0 atom stereocenters. The first-order valence-electron chi connectivity index (χ1n) is 6.75. The second-order valence-corrected chi connectivity index (χ2v) is 6.50. The van der Waals surface area contributed by atoms with Crippen molar-refractivity contribution in [1.82, 2.24) is 4.98 Å². The van der Waals surface area contributed by atoms with Gasteiger partial charge < -0.3 is 10.2 Å². The van der Waals surface area contributed by atoms with E-state index in [4.69, 9.17) is 23.2 Å². The number of anilines is 1. The zero-order valence-electron chi connectivity index (χ0n) is 12.1. The Morgan fingerprint density at radius 3 is 2.54 bits per heavy atom. The number of halogens is 2. The molecule has 0 aliphatic heterocycles. The quantitative estimate of drug-likeness (QED) is 0.441. The minimum atomic E-state index is 0.0774. The minimum Gasteiger partial charge on any atom is -0.507 e. The van der Waals surface area contributed by atoms with Crippen molar-refractivity contribution in [3.05, 3.63) is 57.4 Å². The largest absolute Gasteiger partial charge is 0.507 e. The lowest BCUT2D eigenvalue weighted by atomic mass is 10.1. The Morgan fingerprint density at radius 1 is 1.04 bits per heavy atom. The van der Waals surface area contributed by atoms with Gasteiger partial charge in [-0.3, -0.25) is 5.43 Å². The fourth-order valence-corrected chi connectivity index (χ4v) is 2.96. The molecule has 3 N–H and O–H groups in total. The molecule has 0 amide bonds. The zero-order valence-corrected chi connectivity index (χ0v) is 14.4. The molecule has 3 rings (SSSR count). The molecular formula is C16H11Cl2N3O2S. The summed E-state index contributed by atoms with van der Waals surface area (Å²) in [5.41, 5.74) is 4.39. The van der Waals surface area contributed by atoms with Crippen LogP contribution in [0.4, 0.5) is 5.13 Å². The molecule has 8 heteroatoms. The van der Waals surface area contributed by atoms with Crippen LogP contribution in [0.2, 0.25) is 10.0 Å². The highest BCUT2D eigenvalue weighted by Gasteiger charge is 2.09. The van der Waals surface area contributed by atoms with Gasteiger partial charge in [-0.05, 0) is 36.4 Å². The van der Waals surface area contributed by atoms with Gasteiger partial charge in [0, 0.05) is 26.6 Å². The summed E-state index contributed by atoms with van der Waals surface area (Å²) in [7, 11) is 0. The van der Waals surface area contributed by atoms with E-state index >= 15 is 0 Å². The maximum atomic E-state index is 9.89. The highest BCUT2D eigenvalue weighted by Crippen LogP contribution is 2.33. The number of aromatic hydroxyl groups is 2. The van der Waals surface area contributed by atoms with Crippen LogP contribution in [0.25, 0.3) is 11.3 Å². The molecular weight excluding hydrogens is 369 g/mol. The van der Waals surface area contributed by atoms with Crippen molar-refractivity contribution in [2.75, 3.05) is 5.43 Å². The molecule has 0 saturated heterocycles. The van der Waals surface area contributed by atoms with Gasteiger partial charge in [-0.2, -0.15) is 5.10 Å². The molecule has 3 aromatic rings. The second-order valence-electron chi connectivity index (χ2n) is 4.77. The van der Waals surface area contributed by atoms with Crippen molar-refractivity contribution in [3.63, 3.8) is 0 Å². The number of nitrogens with one attached hydrogen (secondary N) is 1. The van der Waals surface area contributed by atoms with Gasteiger partial charge in [0.2, 0.25) is 5.13 Å². The fourth-order valence-electron chi connectivity index (χ4n) is 1.95. The molecule has 0 unspecified atom stereocenters. The average molecular weight is 380 g/mol. The molecule has 0 bridgehead atoms. The summed E-state index contributed by atoms with van der Waals surface area (Å²) in [6, 6.07) is 9.44. The maximum Gasteiger partial charge on any atom is 0.203 e. The summed E-state index contributed by atoms with van der Waals surface area (Å²) >= 11 is 13.1. The fraction of sp³-hybridized carbons (Fsp3) is 0. The van der Waals surface area contributed by atoms with E-state index in [-0.39, 0.29) is 11.5 Å². The predicted molar refractivity (Wildman–Crippen MR) is 98.6 cm³/mol. The van der Waals surface area contributed by atoms with E-state index in [9.17, 15) is 10.2 Å². The van der Waals surface area contributed by atoms with Crippen LogP contribution in [0.15, 0.2) is 46.9 Å². The molecule has 0 fully saturated rings. The van der Waals surface area contributed by atoms with Gasteiger partial charge in [0.25, 0.3) is 0 Å². The summed E-state index contributed by atoms with van der Waals surface area (Å²) in [5.74, 6) is 0.178. The van der Waals surface area contributed by atoms with Crippen molar-refractivity contribution in [2.24, 2.45) is 5.10 Å². The molecule has 0 spiro atoms. The lowest BCUT2D eigenvalue weighted by Gasteiger charge is -2.01. The number of rotatable bonds is 4. The van der Waals surface area contributed by atoms with Crippen LogP contribution in [-0.2, 0) is 0 Å². The average Bonchev–Trinajstić information content (AvgIpc) is 3.02. The van der Waals surface area contributed by atoms with Gasteiger partial charge in [0.1, 0.15) is 11.5 Å². The minimum absolute atomic E-state index is 0.0774. The molecule has 24 heavy (non-hydrogen) atoms. The van der Waals surface area contributed by atoms with E-state index in [0.717, 1.165) is 0 Å². The highest BCUT2D eigenvalue weighted by atomic mass is 35.5. The van der Waals surface area contributed by atoms with Crippen molar-refractivity contribution in [2.45, 2.75) is 0 Å². The van der Waals surface area contributed by atoms with E-state index in [1.807, 2.05) is 0 Å². The Balaban J connectivity index is 1.76. The molecule has 5 nitrogen and oxygen atoms in total. The van der Waals surface area contributed by atoms with E-state index in [0.29, 0.717) is 32.0 Å². The normalized spacial score (nSPS) is 11.1. The number of phenolic OH excluding ortho intramolecular Hbond substituents is 2. The Hall–Kier alpha value is -2.28. The predicted octanol–water partition coefficient (Wildman–Crippen LogP) is 4.97. The van der Waals surface area contributed by atoms with Gasteiger partial charge in [-0.25, -0.2) is 4.98 Å². The van der Waals surface area contributed by atoms with Crippen LogP contribution >= 0.6 is 34.5 Å². The van der Waals surface area contributed by atoms with Crippen molar-refractivity contribution in [1.29, 1.82) is 0 Å². The van der Waals surface area contributed by atoms with E-state index in [2.05, 4.69) is 15.5 Å². The van der Waals surface area contributed by atoms with Gasteiger partial charge in [-0.1, -0.05) is 23.2 Å². The van der Waals surface area contributed by atoms with Crippen molar-refractivity contribution >= 4 is 45.9 Å². The number of aromatic nitrogens is 1. The Bertz CT molecular complexity index is 912. The number of hydrogen-bond donors (Lipinski definition) is 3. The molecule has 1 aromatic heterocycles. The molecule has 2 aromatic carbocycles. The topological polar surface area (TPSA) is 77.7 Å². The number of hydrogen-bond acceptors (Lipinski definition) is 6. The number of benzene rings is 2. The Morgan fingerprint density at radius 2 is 1.75 bits per heavy atom. The molecule has 1 heterocycles. The summed E-state index contributed by atoms with van der Waals surface area (Å²) in [4.78, 5) is 4.34. The SMILES string of the molecule is Oc1ccc(Cl)cc1/C=N/Nc1nc(-c2cc(Cl)ccc2O)cs1. The van der Waals surface area contributed by atoms with Gasteiger partial charge in [-0.15, -0.1) is 11.3 Å². The van der Waals surface area contributed by atoms with Crippen LogP contribution in [0.5, 0.6) is 11.5 Å². The van der Waals surface area contributed by atoms with Gasteiger partial charge in [0.15, 0.2) is 0 Å². The third kappa shape index (κ3) is 3.79.